The van der Waals surface area contributed by atoms with Crippen molar-refractivity contribution in [2.45, 2.75) is 38.5 Å². The smallest absolute Gasteiger partial charge is 0.321 e. The van der Waals surface area contributed by atoms with Crippen LogP contribution < -0.4 is 10.1 Å². The van der Waals surface area contributed by atoms with Gasteiger partial charge in [-0.3, -0.25) is 0 Å². The molecular weight excluding hydrogens is 302 g/mol. The van der Waals surface area contributed by atoms with E-state index in [1.54, 1.807) is 12.1 Å². The molecule has 1 heterocycles. The minimum Gasteiger partial charge on any atom is -0.479 e. The Balaban J connectivity index is 1.53. The molecule has 1 aromatic rings. The molecule has 1 saturated carbocycles. The third-order valence-electron chi connectivity index (χ3n) is 5.22. The summed E-state index contributed by atoms with van der Waals surface area (Å²) < 4.78 is 5.27. The number of anilines is 1. The Bertz CT molecular complexity index is 605. The van der Waals surface area contributed by atoms with Gasteiger partial charge in [0, 0.05) is 24.8 Å². The van der Waals surface area contributed by atoms with Crippen LogP contribution in [0.25, 0.3) is 0 Å². The fourth-order valence-corrected chi connectivity index (χ4v) is 3.94. The molecular formula is C19H25N3O2. The van der Waals surface area contributed by atoms with Crippen molar-refractivity contribution >= 4 is 11.7 Å². The lowest BCUT2D eigenvalue weighted by atomic mass is 9.80. The summed E-state index contributed by atoms with van der Waals surface area (Å²) in [5.74, 6) is 2.07. The van der Waals surface area contributed by atoms with Crippen molar-refractivity contribution in [1.82, 2.24) is 4.90 Å². The summed E-state index contributed by atoms with van der Waals surface area (Å²) in [5, 5.41) is 11.5. The van der Waals surface area contributed by atoms with Crippen molar-refractivity contribution in [2.24, 2.45) is 11.8 Å². The summed E-state index contributed by atoms with van der Waals surface area (Å²) >= 11 is 0. The summed E-state index contributed by atoms with van der Waals surface area (Å²) in [6.07, 6.45) is 7.86. The third-order valence-corrected chi connectivity index (χ3v) is 5.22. The summed E-state index contributed by atoms with van der Waals surface area (Å²) in [6.45, 7) is 1.73. The number of carbonyl (C=O) groups is 1. The van der Waals surface area contributed by atoms with Gasteiger partial charge in [0.2, 0.25) is 0 Å². The Hall–Kier alpha value is -2.22. The maximum absolute atomic E-state index is 12.5. The van der Waals surface area contributed by atoms with E-state index in [-0.39, 0.29) is 12.6 Å². The van der Waals surface area contributed by atoms with Crippen LogP contribution in [0.15, 0.2) is 24.3 Å². The minimum absolute atomic E-state index is 0.00654. The lowest BCUT2D eigenvalue weighted by Gasteiger charge is -2.27. The Labute approximate surface area is 143 Å². The zero-order valence-electron chi connectivity index (χ0n) is 14.0. The first-order valence-corrected chi connectivity index (χ1v) is 8.92. The van der Waals surface area contributed by atoms with Crippen molar-refractivity contribution in [3.8, 4) is 11.8 Å². The molecule has 1 unspecified atom stereocenters. The SMILES string of the molecule is N#CCOc1cccc(NC(=O)N2CCC(C3CCCCC3)C2)c1. The number of ether oxygens (including phenoxy) is 1. The van der Waals surface area contributed by atoms with Crippen LogP contribution in [0.2, 0.25) is 0 Å². The lowest BCUT2D eigenvalue weighted by Crippen LogP contribution is -2.33. The predicted molar refractivity (Wildman–Crippen MR) is 92.8 cm³/mol. The fraction of sp³-hybridized carbons (Fsp3) is 0.579. The molecule has 2 fully saturated rings. The molecule has 0 bridgehead atoms. The first-order valence-electron chi connectivity index (χ1n) is 8.92. The number of likely N-dealkylation sites (tertiary alicyclic amines) is 1. The van der Waals surface area contributed by atoms with E-state index in [9.17, 15) is 4.79 Å². The Morgan fingerprint density at radius 2 is 2.08 bits per heavy atom. The number of amides is 2. The third kappa shape index (κ3) is 4.19. The van der Waals surface area contributed by atoms with E-state index >= 15 is 0 Å². The van der Waals surface area contributed by atoms with Gasteiger partial charge in [0.15, 0.2) is 6.61 Å². The lowest BCUT2D eigenvalue weighted by molar-refractivity contribution is 0.211. The number of benzene rings is 1. The van der Waals surface area contributed by atoms with Gasteiger partial charge >= 0.3 is 6.03 Å². The minimum atomic E-state index is -0.0363. The summed E-state index contributed by atoms with van der Waals surface area (Å²) in [7, 11) is 0. The molecule has 1 aromatic carbocycles. The number of nitrogens with zero attached hydrogens (tertiary/aromatic N) is 2. The van der Waals surface area contributed by atoms with Crippen molar-refractivity contribution < 1.29 is 9.53 Å². The highest BCUT2D eigenvalue weighted by atomic mass is 16.5. The largest absolute Gasteiger partial charge is 0.479 e. The topological polar surface area (TPSA) is 65.4 Å². The number of nitriles is 1. The van der Waals surface area contributed by atoms with Gasteiger partial charge in [-0.1, -0.05) is 38.2 Å². The fourth-order valence-electron chi connectivity index (χ4n) is 3.94. The monoisotopic (exact) mass is 327 g/mol. The van der Waals surface area contributed by atoms with E-state index in [0.717, 1.165) is 25.4 Å². The highest BCUT2D eigenvalue weighted by Crippen LogP contribution is 2.35. The van der Waals surface area contributed by atoms with E-state index in [0.29, 0.717) is 17.4 Å². The normalized spacial score (nSPS) is 21.3. The molecule has 24 heavy (non-hydrogen) atoms. The average Bonchev–Trinajstić information content (AvgIpc) is 3.11. The number of rotatable bonds is 4. The Morgan fingerprint density at radius 1 is 1.25 bits per heavy atom. The molecule has 3 rings (SSSR count). The number of carbonyl (C=O) groups excluding carboxylic acids is 1. The molecule has 2 amide bonds. The van der Waals surface area contributed by atoms with Crippen LogP contribution >= 0.6 is 0 Å². The molecule has 5 nitrogen and oxygen atoms in total. The molecule has 1 atom stereocenters. The Kier molecular flexibility index (Phi) is 5.58. The number of hydrogen-bond donors (Lipinski definition) is 1. The van der Waals surface area contributed by atoms with E-state index in [2.05, 4.69) is 5.32 Å². The quantitative estimate of drug-likeness (QED) is 0.908. The molecule has 2 aliphatic rings. The standard InChI is InChI=1S/C19H25N3O2/c20-10-12-24-18-8-4-7-17(13-18)21-19(23)22-11-9-16(14-22)15-5-2-1-3-6-15/h4,7-8,13,15-16H,1-3,5-6,9,11-12,14H2,(H,21,23). The van der Waals surface area contributed by atoms with E-state index in [1.807, 2.05) is 23.1 Å². The second kappa shape index (κ2) is 8.05. The van der Waals surface area contributed by atoms with Gasteiger partial charge in [-0.25, -0.2) is 4.79 Å². The molecule has 1 aliphatic carbocycles. The van der Waals surface area contributed by atoms with Gasteiger partial charge in [-0.05, 0) is 30.4 Å². The van der Waals surface area contributed by atoms with Gasteiger partial charge in [-0.2, -0.15) is 5.26 Å². The highest BCUT2D eigenvalue weighted by molar-refractivity contribution is 5.89. The van der Waals surface area contributed by atoms with Gasteiger partial charge < -0.3 is 15.0 Å². The van der Waals surface area contributed by atoms with Crippen LogP contribution in [0.1, 0.15) is 38.5 Å². The number of hydrogen-bond acceptors (Lipinski definition) is 3. The van der Waals surface area contributed by atoms with Crippen LogP contribution in [-0.2, 0) is 0 Å². The van der Waals surface area contributed by atoms with E-state index in [1.165, 1.54) is 32.1 Å². The first-order chi connectivity index (χ1) is 11.8. The number of nitrogens with one attached hydrogen (secondary N) is 1. The second-order valence-corrected chi connectivity index (χ2v) is 6.80. The van der Waals surface area contributed by atoms with Crippen LogP contribution in [0.5, 0.6) is 5.75 Å². The van der Waals surface area contributed by atoms with Crippen LogP contribution in [0.4, 0.5) is 10.5 Å². The Morgan fingerprint density at radius 3 is 2.88 bits per heavy atom. The van der Waals surface area contributed by atoms with E-state index in [4.69, 9.17) is 10.00 Å². The average molecular weight is 327 g/mol. The van der Waals surface area contributed by atoms with Crippen LogP contribution in [-0.4, -0.2) is 30.6 Å². The van der Waals surface area contributed by atoms with Gasteiger partial charge in [0.05, 0.1) is 0 Å². The molecule has 128 valence electrons. The predicted octanol–water partition coefficient (Wildman–Crippen LogP) is 4.02. The second-order valence-electron chi connectivity index (χ2n) is 6.80. The molecule has 0 aromatic heterocycles. The summed E-state index contributed by atoms with van der Waals surface area (Å²) in [5.41, 5.74) is 0.705. The van der Waals surface area contributed by atoms with Crippen molar-refractivity contribution in [1.29, 1.82) is 5.26 Å². The van der Waals surface area contributed by atoms with Crippen molar-refractivity contribution in [2.75, 3.05) is 25.0 Å². The zero-order valence-corrected chi connectivity index (χ0v) is 14.0. The van der Waals surface area contributed by atoms with Crippen LogP contribution in [0.3, 0.4) is 0 Å². The molecule has 1 N–H and O–H groups in total. The van der Waals surface area contributed by atoms with E-state index < -0.39 is 0 Å². The maximum atomic E-state index is 12.5. The summed E-state index contributed by atoms with van der Waals surface area (Å²) in [6, 6.07) is 9.09. The maximum Gasteiger partial charge on any atom is 0.321 e. The highest BCUT2D eigenvalue weighted by Gasteiger charge is 2.32. The molecule has 0 radical (unpaired) electrons. The molecule has 0 spiro atoms. The van der Waals surface area contributed by atoms with Gasteiger partial charge in [0.1, 0.15) is 11.8 Å². The molecule has 1 aliphatic heterocycles. The number of urea groups is 1. The van der Waals surface area contributed by atoms with Crippen molar-refractivity contribution in [3.63, 3.8) is 0 Å². The molecule has 5 heteroatoms. The van der Waals surface area contributed by atoms with Gasteiger partial charge in [-0.15, -0.1) is 0 Å². The van der Waals surface area contributed by atoms with Gasteiger partial charge in [0.25, 0.3) is 0 Å². The zero-order chi connectivity index (χ0) is 16.8. The first kappa shape index (κ1) is 16.6. The van der Waals surface area contributed by atoms with Crippen LogP contribution in [0, 0.1) is 23.2 Å². The van der Waals surface area contributed by atoms with Crippen molar-refractivity contribution in [3.05, 3.63) is 24.3 Å². The summed E-state index contributed by atoms with van der Waals surface area (Å²) in [4.78, 5) is 14.4. The molecule has 1 saturated heterocycles.